The van der Waals surface area contributed by atoms with Crippen molar-refractivity contribution in [2.75, 3.05) is 5.32 Å². The number of nitrogens with zero attached hydrogens (tertiary/aromatic N) is 6. The van der Waals surface area contributed by atoms with Crippen LogP contribution in [-0.4, -0.2) is 29.4 Å². The average molecular weight is 243 g/mol. The second-order valence-corrected chi connectivity index (χ2v) is 4.08. The molecule has 0 unspecified atom stereocenters. The molecule has 0 aromatic carbocycles. The highest BCUT2D eigenvalue weighted by molar-refractivity contribution is 5.49. The Hall–Kier alpha value is -2.44. The van der Waals surface area contributed by atoms with Crippen molar-refractivity contribution in [3.63, 3.8) is 0 Å². The molecule has 1 N–H and O–H groups in total. The molecular weight excluding hydrogens is 230 g/mol. The first-order valence-corrected chi connectivity index (χ1v) is 5.63. The zero-order valence-corrected chi connectivity index (χ0v) is 10.2. The third-order valence-corrected chi connectivity index (χ3v) is 2.61. The number of aromatic nitrogens is 6. The maximum absolute atomic E-state index is 4.41. The van der Waals surface area contributed by atoms with E-state index >= 15 is 0 Å². The predicted molar refractivity (Wildman–Crippen MR) is 66.1 cm³/mol. The van der Waals surface area contributed by atoms with Crippen molar-refractivity contribution >= 4 is 11.6 Å². The third-order valence-electron chi connectivity index (χ3n) is 2.61. The Bertz CT molecular complexity index is 682. The summed E-state index contributed by atoms with van der Waals surface area (Å²) in [5, 5.41) is 11.6. The summed E-state index contributed by atoms with van der Waals surface area (Å²) in [7, 11) is 1.84. The summed E-state index contributed by atoms with van der Waals surface area (Å²) in [4.78, 5) is 8.54. The molecule has 0 aliphatic heterocycles. The van der Waals surface area contributed by atoms with Gasteiger partial charge in [-0.3, -0.25) is 4.68 Å². The lowest BCUT2D eigenvalue weighted by Gasteiger charge is -1.95. The van der Waals surface area contributed by atoms with Gasteiger partial charge in [-0.25, -0.2) is 9.50 Å². The highest BCUT2D eigenvalue weighted by atomic mass is 15.4. The predicted octanol–water partition coefficient (Wildman–Crippen LogP) is 0.778. The fourth-order valence-corrected chi connectivity index (χ4v) is 1.74. The number of pyridine rings is 1. The summed E-state index contributed by atoms with van der Waals surface area (Å²) in [6, 6.07) is 3.95. The van der Waals surface area contributed by atoms with Gasteiger partial charge in [0, 0.05) is 13.2 Å². The number of anilines is 1. The van der Waals surface area contributed by atoms with E-state index in [2.05, 4.69) is 25.5 Å². The topological polar surface area (TPSA) is 72.9 Å². The molecule has 0 bridgehead atoms. The second-order valence-electron chi connectivity index (χ2n) is 4.08. The van der Waals surface area contributed by atoms with Crippen LogP contribution in [0, 0.1) is 6.92 Å². The molecule has 0 spiro atoms. The van der Waals surface area contributed by atoms with Crippen LogP contribution in [0.5, 0.6) is 0 Å². The van der Waals surface area contributed by atoms with E-state index in [0.717, 1.165) is 11.2 Å². The lowest BCUT2D eigenvalue weighted by Crippen LogP contribution is -2.03. The van der Waals surface area contributed by atoms with Crippen LogP contribution >= 0.6 is 0 Å². The van der Waals surface area contributed by atoms with Crippen LogP contribution in [0.15, 0.2) is 24.7 Å². The first-order valence-electron chi connectivity index (χ1n) is 5.63. The Morgan fingerprint density at radius 3 is 2.94 bits per heavy atom. The fraction of sp³-hybridized carbons (Fsp3) is 0.273. The largest absolute Gasteiger partial charge is 0.346 e. The number of rotatable bonds is 3. The summed E-state index contributed by atoms with van der Waals surface area (Å²) in [6.07, 6.45) is 3.54. The standard InChI is InChI=1S/C11H13N7/c1-8-4-3-5-18-10(8)14-11(16-18)12-6-9-13-7-17(2)15-9/h3-5,7H,6H2,1-2H3,(H,12,16). The van der Waals surface area contributed by atoms with E-state index in [1.54, 1.807) is 15.5 Å². The van der Waals surface area contributed by atoms with Crippen LogP contribution in [0.1, 0.15) is 11.4 Å². The van der Waals surface area contributed by atoms with Crippen molar-refractivity contribution in [2.45, 2.75) is 13.5 Å². The lowest BCUT2D eigenvalue weighted by molar-refractivity contribution is 0.746. The number of hydrogen-bond acceptors (Lipinski definition) is 5. The first-order chi connectivity index (χ1) is 8.72. The Morgan fingerprint density at radius 2 is 2.22 bits per heavy atom. The van der Waals surface area contributed by atoms with Crippen molar-refractivity contribution in [3.05, 3.63) is 36.0 Å². The van der Waals surface area contributed by atoms with Gasteiger partial charge in [-0.2, -0.15) is 10.1 Å². The summed E-state index contributed by atoms with van der Waals surface area (Å²) < 4.78 is 3.42. The number of fused-ring (bicyclic) bond motifs is 1. The molecular formula is C11H13N7. The fourth-order valence-electron chi connectivity index (χ4n) is 1.74. The van der Waals surface area contributed by atoms with Crippen LogP contribution < -0.4 is 5.32 Å². The molecule has 3 aromatic rings. The van der Waals surface area contributed by atoms with E-state index in [0.29, 0.717) is 18.3 Å². The van der Waals surface area contributed by atoms with E-state index < -0.39 is 0 Å². The van der Waals surface area contributed by atoms with E-state index in [9.17, 15) is 0 Å². The number of hydrogen-bond donors (Lipinski definition) is 1. The van der Waals surface area contributed by atoms with Crippen molar-refractivity contribution in [1.82, 2.24) is 29.4 Å². The Balaban J connectivity index is 1.81. The molecule has 7 nitrogen and oxygen atoms in total. The zero-order chi connectivity index (χ0) is 12.5. The average Bonchev–Trinajstić information content (AvgIpc) is 2.93. The van der Waals surface area contributed by atoms with Gasteiger partial charge in [-0.1, -0.05) is 6.07 Å². The maximum atomic E-state index is 4.41. The van der Waals surface area contributed by atoms with Gasteiger partial charge >= 0.3 is 0 Å². The van der Waals surface area contributed by atoms with Gasteiger partial charge in [0.1, 0.15) is 6.33 Å². The van der Waals surface area contributed by atoms with Gasteiger partial charge in [-0.05, 0) is 18.6 Å². The molecule has 0 radical (unpaired) electrons. The van der Waals surface area contributed by atoms with Crippen molar-refractivity contribution in [1.29, 1.82) is 0 Å². The van der Waals surface area contributed by atoms with Gasteiger partial charge in [-0.15, -0.1) is 5.10 Å². The van der Waals surface area contributed by atoms with E-state index in [-0.39, 0.29) is 0 Å². The van der Waals surface area contributed by atoms with Crippen LogP contribution in [0.3, 0.4) is 0 Å². The van der Waals surface area contributed by atoms with Gasteiger partial charge in [0.05, 0.1) is 6.54 Å². The normalized spacial score (nSPS) is 11.0. The molecule has 0 amide bonds. The van der Waals surface area contributed by atoms with E-state index in [1.165, 1.54) is 0 Å². The van der Waals surface area contributed by atoms with Crippen LogP contribution in [0.25, 0.3) is 5.65 Å². The molecule has 0 aliphatic rings. The van der Waals surface area contributed by atoms with Gasteiger partial charge in [0.2, 0.25) is 5.95 Å². The molecule has 0 saturated carbocycles. The molecule has 3 heterocycles. The Kier molecular flexibility index (Phi) is 2.44. The van der Waals surface area contributed by atoms with Crippen LogP contribution in [0.2, 0.25) is 0 Å². The summed E-state index contributed by atoms with van der Waals surface area (Å²) >= 11 is 0. The molecule has 0 atom stereocenters. The summed E-state index contributed by atoms with van der Waals surface area (Å²) in [5.74, 6) is 1.30. The van der Waals surface area contributed by atoms with Crippen molar-refractivity contribution in [3.8, 4) is 0 Å². The molecule has 3 rings (SSSR count). The molecule has 18 heavy (non-hydrogen) atoms. The highest BCUT2D eigenvalue weighted by Gasteiger charge is 2.06. The van der Waals surface area contributed by atoms with Crippen molar-refractivity contribution in [2.24, 2.45) is 7.05 Å². The Morgan fingerprint density at radius 1 is 1.33 bits per heavy atom. The molecule has 92 valence electrons. The summed E-state index contributed by atoms with van der Waals surface area (Å²) in [6.45, 7) is 2.52. The first kappa shape index (κ1) is 10.7. The Labute approximate surface area is 103 Å². The minimum atomic E-state index is 0.511. The van der Waals surface area contributed by atoms with Crippen molar-refractivity contribution < 1.29 is 0 Å². The molecule has 7 heteroatoms. The summed E-state index contributed by atoms with van der Waals surface area (Å²) in [5.41, 5.74) is 1.95. The van der Waals surface area contributed by atoms with E-state index in [1.807, 2.05) is 32.3 Å². The number of nitrogens with one attached hydrogen (secondary N) is 1. The lowest BCUT2D eigenvalue weighted by atomic mass is 10.3. The zero-order valence-electron chi connectivity index (χ0n) is 10.2. The smallest absolute Gasteiger partial charge is 0.243 e. The molecule has 0 aliphatic carbocycles. The second kappa shape index (κ2) is 4.10. The van der Waals surface area contributed by atoms with Gasteiger partial charge in [0.15, 0.2) is 11.5 Å². The van der Waals surface area contributed by atoms with Gasteiger partial charge in [0.25, 0.3) is 0 Å². The third kappa shape index (κ3) is 1.90. The molecule has 3 aromatic heterocycles. The molecule has 0 saturated heterocycles. The SMILES string of the molecule is Cc1cccn2nc(NCc3ncn(C)n3)nc12. The van der Waals surface area contributed by atoms with Gasteiger partial charge < -0.3 is 5.32 Å². The quantitative estimate of drug-likeness (QED) is 0.736. The monoisotopic (exact) mass is 243 g/mol. The minimum absolute atomic E-state index is 0.511. The maximum Gasteiger partial charge on any atom is 0.243 e. The van der Waals surface area contributed by atoms with Crippen LogP contribution in [-0.2, 0) is 13.6 Å². The highest BCUT2D eigenvalue weighted by Crippen LogP contribution is 2.09. The minimum Gasteiger partial charge on any atom is -0.346 e. The van der Waals surface area contributed by atoms with Crippen LogP contribution in [0.4, 0.5) is 5.95 Å². The molecule has 0 fully saturated rings. The van der Waals surface area contributed by atoms with E-state index in [4.69, 9.17) is 0 Å². The number of aryl methyl sites for hydroxylation is 2.